The molecule has 9 heteroatoms. The molecule has 0 saturated carbocycles. The number of hydrogen-bond acceptors (Lipinski definition) is 8. The van der Waals surface area contributed by atoms with Crippen LogP contribution in [0, 0.1) is 0 Å². The average Bonchev–Trinajstić information content (AvgIpc) is 2.69. The number of amides is 1. The van der Waals surface area contributed by atoms with Gasteiger partial charge in [0.25, 0.3) is 0 Å². The summed E-state index contributed by atoms with van der Waals surface area (Å²) in [5.41, 5.74) is 0.874. The fourth-order valence-corrected chi connectivity index (χ4v) is 2.82. The van der Waals surface area contributed by atoms with Crippen LogP contribution in [0.4, 0.5) is 22.4 Å². The minimum atomic E-state index is -0.257. The number of anilines is 3. The Bertz CT molecular complexity index is 750. The lowest BCUT2D eigenvalue weighted by atomic mass is 10.1. The monoisotopic (exact) mass is 372 g/mol. The van der Waals surface area contributed by atoms with Crippen LogP contribution >= 0.6 is 0 Å². The molecular weight excluding hydrogens is 348 g/mol. The van der Waals surface area contributed by atoms with Gasteiger partial charge in [0.05, 0.1) is 13.7 Å². The summed E-state index contributed by atoms with van der Waals surface area (Å²) in [4.78, 5) is 26.4. The van der Waals surface area contributed by atoms with Gasteiger partial charge in [-0.15, -0.1) is 0 Å². The first kappa shape index (κ1) is 18.7. The van der Waals surface area contributed by atoms with Crippen LogP contribution in [0.2, 0.25) is 0 Å². The Kier molecular flexibility index (Phi) is 6.24. The number of carbonyl (C=O) groups excluding carboxylic acids is 1. The molecule has 1 fully saturated rings. The highest BCUT2D eigenvalue weighted by Gasteiger charge is 2.24. The lowest BCUT2D eigenvalue weighted by Gasteiger charge is -2.31. The van der Waals surface area contributed by atoms with Crippen LogP contribution in [-0.2, 0) is 4.74 Å². The summed E-state index contributed by atoms with van der Waals surface area (Å²) in [6.45, 7) is 3.46. The standard InChI is InChI=1S/C18H24N6O3/c1-3-27-18(25)24-11-9-14(10-12-24)20-16-21-15(22-17(23-16)26-2)19-13-7-5-4-6-8-13/h4-8,14H,3,9-12H2,1-2H3,(H2,19,20,21,22,23). The topological polar surface area (TPSA) is 102 Å². The summed E-state index contributed by atoms with van der Waals surface area (Å²) < 4.78 is 10.2. The number of aromatic nitrogens is 3. The number of ether oxygens (including phenoxy) is 2. The van der Waals surface area contributed by atoms with Gasteiger partial charge in [0, 0.05) is 24.8 Å². The number of likely N-dealkylation sites (tertiary alicyclic amines) is 1. The molecule has 1 amide bonds. The number of rotatable bonds is 6. The first-order valence-corrected chi connectivity index (χ1v) is 8.98. The van der Waals surface area contributed by atoms with Crippen molar-refractivity contribution < 1.29 is 14.3 Å². The van der Waals surface area contributed by atoms with Crippen molar-refractivity contribution in [3.63, 3.8) is 0 Å². The summed E-state index contributed by atoms with van der Waals surface area (Å²) in [5.74, 6) is 0.842. The van der Waals surface area contributed by atoms with E-state index in [1.165, 1.54) is 7.11 Å². The van der Waals surface area contributed by atoms with Crippen molar-refractivity contribution in [2.24, 2.45) is 0 Å². The second-order valence-electron chi connectivity index (χ2n) is 6.06. The molecule has 3 rings (SSSR count). The van der Waals surface area contributed by atoms with Crippen LogP contribution in [0.25, 0.3) is 0 Å². The molecule has 0 bridgehead atoms. The highest BCUT2D eigenvalue weighted by molar-refractivity contribution is 5.67. The molecule has 0 unspecified atom stereocenters. The van der Waals surface area contributed by atoms with E-state index in [2.05, 4.69) is 25.6 Å². The van der Waals surface area contributed by atoms with Crippen molar-refractivity contribution in [1.29, 1.82) is 0 Å². The van der Waals surface area contributed by atoms with Gasteiger partial charge in [-0.25, -0.2) is 4.79 Å². The zero-order chi connectivity index (χ0) is 19.1. The molecule has 1 aliphatic rings. The summed E-state index contributed by atoms with van der Waals surface area (Å²) in [6, 6.07) is 10.0. The van der Waals surface area contributed by atoms with Gasteiger partial charge in [-0.05, 0) is 31.9 Å². The Morgan fingerprint density at radius 2 is 1.85 bits per heavy atom. The van der Waals surface area contributed by atoms with Crippen LogP contribution in [0.15, 0.2) is 30.3 Å². The zero-order valence-corrected chi connectivity index (χ0v) is 15.5. The molecule has 9 nitrogen and oxygen atoms in total. The molecule has 2 N–H and O–H groups in total. The Morgan fingerprint density at radius 1 is 1.15 bits per heavy atom. The van der Waals surface area contributed by atoms with Crippen molar-refractivity contribution in [2.75, 3.05) is 37.4 Å². The van der Waals surface area contributed by atoms with Crippen LogP contribution in [-0.4, -0.2) is 58.8 Å². The Balaban J connectivity index is 1.63. The number of benzene rings is 1. The molecule has 1 aromatic heterocycles. The van der Waals surface area contributed by atoms with Crippen LogP contribution in [0.1, 0.15) is 19.8 Å². The SMILES string of the molecule is CCOC(=O)N1CCC(Nc2nc(Nc3ccccc3)nc(OC)n2)CC1. The maximum absolute atomic E-state index is 11.8. The largest absolute Gasteiger partial charge is 0.467 e. The van der Waals surface area contributed by atoms with Gasteiger partial charge in [-0.2, -0.15) is 15.0 Å². The molecule has 1 aliphatic heterocycles. The smallest absolute Gasteiger partial charge is 0.409 e. The zero-order valence-electron chi connectivity index (χ0n) is 15.5. The lowest BCUT2D eigenvalue weighted by Crippen LogP contribution is -2.42. The predicted molar refractivity (Wildman–Crippen MR) is 101 cm³/mol. The quantitative estimate of drug-likeness (QED) is 0.798. The van der Waals surface area contributed by atoms with Gasteiger partial charge in [0.15, 0.2) is 0 Å². The average molecular weight is 372 g/mol. The van der Waals surface area contributed by atoms with Gasteiger partial charge >= 0.3 is 12.1 Å². The summed E-state index contributed by atoms with van der Waals surface area (Å²) >= 11 is 0. The highest BCUT2D eigenvalue weighted by Crippen LogP contribution is 2.19. The summed E-state index contributed by atoms with van der Waals surface area (Å²) in [7, 11) is 1.52. The number of nitrogens with one attached hydrogen (secondary N) is 2. The fourth-order valence-electron chi connectivity index (χ4n) is 2.82. The normalized spacial score (nSPS) is 14.5. The van der Waals surface area contributed by atoms with Crippen LogP contribution < -0.4 is 15.4 Å². The van der Waals surface area contributed by atoms with Crippen molar-refractivity contribution >= 4 is 23.7 Å². The van der Waals surface area contributed by atoms with E-state index >= 15 is 0 Å². The van der Waals surface area contributed by atoms with Gasteiger partial charge < -0.3 is 25.0 Å². The van der Waals surface area contributed by atoms with E-state index in [4.69, 9.17) is 9.47 Å². The molecule has 1 saturated heterocycles. The second-order valence-corrected chi connectivity index (χ2v) is 6.06. The number of carbonyl (C=O) groups is 1. The van der Waals surface area contributed by atoms with Gasteiger partial charge in [-0.1, -0.05) is 18.2 Å². The molecule has 1 aromatic carbocycles. The maximum atomic E-state index is 11.8. The third kappa shape index (κ3) is 5.19. The number of nitrogens with zero attached hydrogens (tertiary/aromatic N) is 4. The number of methoxy groups -OCH3 is 1. The van der Waals surface area contributed by atoms with E-state index in [-0.39, 0.29) is 18.1 Å². The van der Waals surface area contributed by atoms with E-state index in [0.29, 0.717) is 31.6 Å². The third-order valence-corrected chi connectivity index (χ3v) is 4.18. The number of piperidine rings is 1. The minimum Gasteiger partial charge on any atom is -0.467 e. The number of para-hydroxylation sites is 1. The molecule has 2 heterocycles. The van der Waals surface area contributed by atoms with Gasteiger partial charge in [0.1, 0.15) is 0 Å². The molecule has 27 heavy (non-hydrogen) atoms. The molecule has 0 aliphatic carbocycles. The lowest BCUT2D eigenvalue weighted by molar-refractivity contribution is 0.0983. The molecule has 144 valence electrons. The van der Waals surface area contributed by atoms with E-state index in [9.17, 15) is 4.79 Å². The number of hydrogen-bond donors (Lipinski definition) is 2. The molecule has 2 aromatic rings. The van der Waals surface area contributed by atoms with E-state index in [0.717, 1.165) is 18.5 Å². The van der Waals surface area contributed by atoms with Crippen molar-refractivity contribution in [2.45, 2.75) is 25.8 Å². The highest BCUT2D eigenvalue weighted by atomic mass is 16.6. The van der Waals surface area contributed by atoms with E-state index in [1.807, 2.05) is 30.3 Å². The Labute approximate surface area is 158 Å². The molecule has 0 radical (unpaired) electrons. The summed E-state index contributed by atoms with van der Waals surface area (Å²) in [5, 5.41) is 6.45. The van der Waals surface area contributed by atoms with Gasteiger partial charge in [0.2, 0.25) is 11.9 Å². The van der Waals surface area contributed by atoms with Gasteiger partial charge in [-0.3, -0.25) is 0 Å². The molecule has 0 spiro atoms. The predicted octanol–water partition coefficient (Wildman–Crippen LogP) is 2.66. The second kappa shape index (κ2) is 9.02. The Hall–Kier alpha value is -3.10. The first-order valence-electron chi connectivity index (χ1n) is 8.98. The molecular formula is C18H24N6O3. The third-order valence-electron chi connectivity index (χ3n) is 4.18. The van der Waals surface area contributed by atoms with E-state index in [1.54, 1.807) is 11.8 Å². The fraction of sp³-hybridized carbons (Fsp3) is 0.444. The van der Waals surface area contributed by atoms with Crippen molar-refractivity contribution in [3.05, 3.63) is 30.3 Å². The summed E-state index contributed by atoms with van der Waals surface area (Å²) in [6.07, 6.45) is 1.31. The molecule has 0 atom stereocenters. The van der Waals surface area contributed by atoms with Crippen molar-refractivity contribution in [1.82, 2.24) is 19.9 Å². The first-order chi connectivity index (χ1) is 13.2. The Morgan fingerprint density at radius 3 is 2.52 bits per heavy atom. The van der Waals surface area contributed by atoms with Crippen LogP contribution in [0.3, 0.4) is 0 Å². The maximum Gasteiger partial charge on any atom is 0.409 e. The van der Waals surface area contributed by atoms with E-state index < -0.39 is 0 Å². The minimum absolute atomic E-state index is 0.160. The van der Waals surface area contributed by atoms with Crippen LogP contribution in [0.5, 0.6) is 6.01 Å². The van der Waals surface area contributed by atoms with Crippen molar-refractivity contribution in [3.8, 4) is 6.01 Å².